The molecule has 1 saturated heterocycles. The van der Waals surface area contributed by atoms with E-state index in [2.05, 4.69) is 15.2 Å². The van der Waals surface area contributed by atoms with Gasteiger partial charge in [0.15, 0.2) is 5.13 Å². The first-order valence-corrected chi connectivity index (χ1v) is 11.8. The van der Waals surface area contributed by atoms with Crippen LogP contribution in [-0.4, -0.2) is 44.0 Å². The standard InChI is InChI=1S/C24H16F6N4O3S/c25-23(26,27)14-3-1-12(16(9-14)24(28,29)30)8-15(11-2-4-17-13(7-11)10-31-33-17)19-20(35)32-22(38-19)34-6-5-18(34)21(36)37/h1-4,7-10,18,35H,5-6H2,(H,31,33)(H,36,37)/t18-/m0/s1. The van der Waals surface area contributed by atoms with Crippen molar-refractivity contribution in [2.45, 2.75) is 24.8 Å². The molecule has 38 heavy (non-hydrogen) atoms. The number of carbonyl (C=O) groups is 1. The van der Waals surface area contributed by atoms with Crippen molar-refractivity contribution in [1.29, 1.82) is 0 Å². The van der Waals surface area contributed by atoms with Crippen molar-refractivity contribution < 1.29 is 41.4 Å². The van der Waals surface area contributed by atoms with Crippen LogP contribution in [0.25, 0.3) is 22.6 Å². The lowest BCUT2D eigenvalue weighted by Crippen LogP contribution is -2.52. The fourth-order valence-electron chi connectivity index (χ4n) is 4.12. The Morgan fingerprint density at radius 1 is 1.11 bits per heavy atom. The Labute approximate surface area is 213 Å². The summed E-state index contributed by atoms with van der Waals surface area (Å²) >= 11 is 0.863. The molecule has 14 heteroatoms. The van der Waals surface area contributed by atoms with Crippen LogP contribution in [0, 0.1) is 0 Å². The minimum absolute atomic E-state index is 0.0203. The van der Waals surface area contributed by atoms with E-state index in [0.717, 1.165) is 23.5 Å². The minimum Gasteiger partial charge on any atom is -0.492 e. The van der Waals surface area contributed by atoms with E-state index in [4.69, 9.17) is 0 Å². The van der Waals surface area contributed by atoms with E-state index in [-0.39, 0.29) is 21.6 Å². The zero-order valence-electron chi connectivity index (χ0n) is 18.9. The highest BCUT2D eigenvalue weighted by Crippen LogP contribution is 2.44. The third-order valence-electron chi connectivity index (χ3n) is 6.13. The number of H-pyrrole nitrogens is 1. The molecule has 0 amide bonds. The van der Waals surface area contributed by atoms with Gasteiger partial charge in [-0.1, -0.05) is 23.5 Å². The zero-order chi connectivity index (χ0) is 27.4. The van der Waals surface area contributed by atoms with E-state index in [1.807, 2.05) is 0 Å². The molecule has 2 aromatic carbocycles. The number of rotatable bonds is 5. The van der Waals surface area contributed by atoms with Gasteiger partial charge in [0.25, 0.3) is 0 Å². The molecule has 0 radical (unpaired) electrons. The van der Waals surface area contributed by atoms with Gasteiger partial charge in [-0.2, -0.15) is 36.4 Å². The number of hydrogen-bond donors (Lipinski definition) is 3. The summed E-state index contributed by atoms with van der Waals surface area (Å²) in [5.74, 6) is -1.65. The largest absolute Gasteiger partial charge is 0.492 e. The van der Waals surface area contributed by atoms with Crippen LogP contribution in [0.4, 0.5) is 31.5 Å². The molecule has 3 N–H and O–H groups in total. The highest BCUT2D eigenvalue weighted by Gasteiger charge is 2.39. The number of alkyl halides is 6. The summed E-state index contributed by atoms with van der Waals surface area (Å²) < 4.78 is 81.1. The lowest BCUT2D eigenvalue weighted by Gasteiger charge is -2.37. The Balaban J connectivity index is 1.70. The normalized spacial score (nSPS) is 16.6. The molecule has 0 saturated carbocycles. The lowest BCUT2D eigenvalue weighted by molar-refractivity contribution is -0.143. The number of carboxylic acid groups (broad SMARTS) is 1. The fourth-order valence-corrected chi connectivity index (χ4v) is 5.20. The van der Waals surface area contributed by atoms with E-state index in [1.54, 1.807) is 18.2 Å². The summed E-state index contributed by atoms with van der Waals surface area (Å²) in [6.07, 6.45) is -7.23. The van der Waals surface area contributed by atoms with Crippen LogP contribution in [0.5, 0.6) is 5.88 Å². The van der Waals surface area contributed by atoms with Crippen LogP contribution in [0.2, 0.25) is 0 Å². The Morgan fingerprint density at radius 2 is 1.87 bits per heavy atom. The molecule has 3 heterocycles. The van der Waals surface area contributed by atoms with Gasteiger partial charge in [0.05, 0.1) is 22.8 Å². The van der Waals surface area contributed by atoms with Crippen LogP contribution >= 0.6 is 11.3 Å². The molecule has 0 unspecified atom stereocenters. The van der Waals surface area contributed by atoms with Crippen LogP contribution in [0.15, 0.2) is 42.6 Å². The molecule has 1 fully saturated rings. The van der Waals surface area contributed by atoms with Crippen molar-refractivity contribution in [2.75, 3.05) is 11.4 Å². The highest BCUT2D eigenvalue weighted by molar-refractivity contribution is 7.17. The summed E-state index contributed by atoms with van der Waals surface area (Å²) in [5, 5.41) is 27.4. The number of aromatic hydroxyl groups is 1. The SMILES string of the molecule is O=C(O)[C@@H]1CCN1c1nc(O)c(C(=Cc2ccc(C(F)(F)F)cc2C(F)(F)F)c2ccc3[nH]ncc3c2)s1. The number of nitrogens with one attached hydrogen (secondary N) is 1. The van der Waals surface area contributed by atoms with Gasteiger partial charge in [0, 0.05) is 17.5 Å². The first-order chi connectivity index (χ1) is 17.8. The number of anilines is 1. The first-order valence-electron chi connectivity index (χ1n) is 11.0. The molecule has 2 aromatic heterocycles. The van der Waals surface area contributed by atoms with Gasteiger partial charge in [0.1, 0.15) is 10.9 Å². The van der Waals surface area contributed by atoms with Gasteiger partial charge in [-0.3, -0.25) is 5.10 Å². The number of fused-ring (bicyclic) bond motifs is 1. The second kappa shape index (κ2) is 9.04. The topological polar surface area (TPSA) is 102 Å². The van der Waals surface area contributed by atoms with Crippen LogP contribution in [0.3, 0.4) is 0 Å². The molecular weight excluding hydrogens is 538 g/mol. The second-order valence-electron chi connectivity index (χ2n) is 8.51. The monoisotopic (exact) mass is 554 g/mol. The number of benzene rings is 2. The molecule has 0 aliphatic carbocycles. The summed E-state index contributed by atoms with van der Waals surface area (Å²) in [7, 11) is 0. The van der Waals surface area contributed by atoms with Crippen molar-refractivity contribution in [1.82, 2.24) is 15.2 Å². The number of thiazole rings is 1. The lowest BCUT2D eigenvalue weighted by atomic mass is 9.96. The Hall–Kier alpha value is -4.07. The highest BCUT2D eigenvalue weighted by atomic mass is 32.1. The number of nitrogens with zero attached hydrogens (tertiary/aromatic N) is 3. The second-order valence-corrected chi connectivity index (χ2v) is 9.49. The molecule has 7 nitrogen and oxygen atoms in total. The average Bonchev–Trinajstić information content (AvgIpc) is 3.41. The number of halogens is 6. The van der Waals surface area contributed by atoms with Crippen LogP contribution in [0.1, 0.15) is 33.6 Å². The van der Waals surface area contributed by atoms with Crippen molar-refractivity contribution in [3.8, 4) is 5.88 Å². The molecule has 1 aliphatic rings. The summed E-state index contributed by atoms with van der Waals surface area (Å²) in [6.45, 7) is 0.348. The van der Waals surface area contributed by atoms with E-state index in [1.165, 1.54) is 11.1 Å². The maximum atomic E-state index is 13.9. The molecule has 4 aromatic rings. The maximum Gasteiger partial charge on any atom is 0.417 e. The summed E-state index contributed by atoms with van der Waals surface area (Å²) in [6, 6.07) is 5.19. The number of aliphatic carboxylic acids is 1. The van der Waals surface area contributed by atoms with Gasteiger partial charge in [-0.25, -0.2) is 4.79 Å². The predicted octanol–water partition coefficient (Wildman–Crippen LogP) is 6.01. The molecule has 0 spiro atoms. The Morgan fingerprint density at radius 3 is 2.50 bits per heavy atom. The fraction of sp³-hybridized carbons (Fsp3) is 0.208. The van der Waals surface area contributed by atoms with Gasteiger partial charge in [-0.05, 0) is 47.9 Å². The number of aromatic amines is 1. The van der Waals surface area contributed by atoms with Crippen molar-refractivity contribution in [3.05, 3.63) is 69.7 Å². The predicted molar refractivity (Wildman–Crippen MR) is 127 cm³/mol. The summed E-state index contributed by atoms with van der Waals surface area (Å²) in [5.41, 5.74) is -2.52. The Kier molecular flexibility index (Phi) is 6.09. The van der Waals surface area contributed by atoms with Gasteiger partial charge < -0.3 is 15.1 Å². The van der Waals surface area contributed by atoms with Gasteiger partial charge in [-0.15, -0.1) is 0 Å². The Bertz CT molecular complexity index is 1570. The average molecular weight is 554 g/mol. The van der Waals surface area contributed by atoms with E-state index in [9.17, 15) is 41.4 Å². The van der Waals surface area contributed by atoms with E-state index < -0.39 is 46.9 Å². The molecule has 198 valence electrons. The molecule has 1 aliphatic heterocycles. The third-order valence-corrected chi connectivity index (χ3v) is 7.25. The van der Waals surface area contributed by atoms with Crippen molar-refractivity contribution in [3.63, 3.8) is 0 Å². The summed E-state index contributed by atoms with van der Waals surface area (Å²) in [4.78, 5) is 16.9. The number of aromatic nitrogens is 3. The molecule has 0 bridgehead atoms. The molecule has 1 atom stereocenters. The minimum atomic E-state index is -5.11. The number of hydrogen-bond acceptors (Lipinski definition) is 6. The third kappa shape index (κ3) is 4.66. The van der Waals surface area contributed by atoms with Gasteiger partial charge >= 0.3 is 18.3 Å². The maximum absolute atomic E-state index is 13.9. The molecule has 5 rings (SSSR count). The van der Waals surface area contributed by atoms with Crippen LogP contribution < -0.4 is 4.90 Å². The van der Waals surface area contributed by atoms with Gasteiger partial charge in [0.2, 0.25) is 5.88 Å². The number of carboxylic acids is 1. The van der Waals surface area contributed by atoms with E-state index in [0.29, 0.717) is 35.5 Å². The van der Waals surface area contributed by atoms with Crippen LogP contribution in [-0.2, 0) is 17.1 Å². The van der Waals surface area contributed by atoms with E-state index >= 15 is 0 Å². The molecular formula is C24H16F6N4O3S. The van der Waals surface area contributed by atoms with Crippen molar-refractivity contribution >= 4 is 45.0 Å². The zero-order valence-corrected chi connectivity index (χ0v) is 19.7. The first kappa shape index (κ1) is 25.6. The smallest absolute Gasteiger partial charge is 0.417 e. The quantitative estimate of drug-likeness (QED) is 0.206. The van der Waals surface area contributed by atoms with Crippen molar-refractivity contribution in [2.24, 2.45) is 0 Å².